The number of ether oxygens (including phenoxy) is 3. The zero-order chi connectivity index (χ0) is 22.4. The summed E-state index contributed by atoms with van der Waals surface area (Å²) in [7, 11) is 1.04. The van der Waals surface area contributed by atoms with Crippen LogP contribution in [0.25, 0.3) is 0 Å². The molecular formula is C22H28N2O6S. The standard InChI is InChI=1S/C22H28N2O6S/c1-28-19-13-18(14-20(29-2)21(19)30-3)22(25)23-10-6-12-31(26,27)24-11-9-16-7-4-5-8-17(16)15-24/h4-5,7-8,13-14H,6,9-12,15H2,1-3H3,(H,23,25). The fourth-order valence-electron chi connectivity index (χ4n) is 3.61. The van der Waals surface area contributed by atoms with Crippen molar-refractivity contribution in [1.29, 1.82) is 0 Å². The highest BCUT2D eigenvalue weighted by molar-refractivity contribution is 7.89. The van der Waals surface area contributed by atoms with Crippen LogP contribution in [0.2, 0.25) is 0 Å². The van der Waals surface area contributed by atoms with Crippen molar-refractivity contribution in [3.05, 3.63) is 53.1 Å². The summed E-state index contributed by atoms with van der Waals surface area (Å²) in [5.41, 5.74) is 2.59. The molecule has 1 heterocycles. The van der Waals surface area contributed by atoms with Crippen LogP contribution in [0.15, 0.2) is 36.4 Å². The van der Waals surface area contributed by atoms with Gasteiger partial charge >= 0.3 is 0 Å². The third-order valence-corrected chi connectivity index (χ3v) is 7.18. The maximum absolute atomic E-state index is 12.7. The van der Waals surface area contributed by atoms with Gasteiger partial charge in [0.05, 0.1) is 27.1 Å². The van der Waals surface area contributed by atoms with Gasteiger partial charge in [0.1, 0.15) is 0 Å². The van der Waals surface area contributed by atoms with E-state index in [-0.39, 0.29) is 18.2 Å². The second-order valence-corrected chi connectivity index (χ2v) is 9.28. The van der Waals surface area contributed by atoms with Crippen LogP contribution in [0.4, 0.5) is 0 Å². The van der Waals surface area contributed by atoms with Gasteiger partial charge in [0.25, 0.3) is 5.91 Å². The molecule has 0 atom stereocenters. The number of hydrogen-bond donors (Lipinski definition) is 1. The van der Waals surface area contributed by atoms with E-state index in [9.17, 15) is 13.2 Å². The molecule has 0 saturated carbocycles. The van der Waals surface area contributed by atoms with Crippen molar-refractivity contribution in [3.63, 3.8) is 0 Å². The molecule has 1 aliphatic heterocycles. The Morgan fingerprint density at radius 1 is 1.03 bits per heavy atom. The summed E-state index contributed by atoms with van der Waals surface area (Å²) >= 11 is 0. The first kappa shape index (κ1) is 22.9. The predicted molar refractivity (Wildman–Crippen MR) is 117 cm³/mol. The van der Waals surface area contributed by atoms with Gasteiger partial charge in [0, 0.05) is 25.2 Å². The summed E-state index contributed by atoms with van der Waals surface area (Å²) in [4.78, 5) is 12.5. The molecule has 0 aliphatic carbocycles. The minimum Gasteiger partial charge on any atom is -0.493 e. The van der Waals surface area contributed by atoms with Crippen LogP contribution in [0, 0.1) is 0 Å². The Labute approximate surface area is 183 Å². The third kappa shape index (κ3) is 5.29. The number of hydrogen-bond acceptors (Lipinski definition) is 6. The molecule has 0 spiro atoms. The molecule has 1 N–H and O–H groups in total. The lowest BCUT2D eigenvalue weighted by molar-refractivity contribution is 0.0952. The van der Waals surface area contributed by atoms with Crippen molar-refractivity contribution in [1.82, 2.24) is 9.62 Å². The van der Waals surface area contributed by atoms with E-state index in [1.165, 1.54) is 31.2 Å². The van der Waals surface area contributed by atoms with Gasteiger partial charge in [0.2, 0.25) is 15.8 Å². The first-order valence-electron chi connectivity index (χ1n) is 10.0. The molecule has 0 fully saturated rings. The van der Waals surface area contributed by atoms with Crippen LogP contribution in [-0.4, -0.2) is 58.8 Å². The van der Waals surface area contributed by atoms with Crippen LogP contribution in [0.1, 0.15) is 27.9 Å². The quantitative estimate of drug-likeness (QED) is 0.591. The Morgan fingerprint density at radius 2 is 1.68 bits per heavy atom. The number of rotatable bonds is 9. The van der Waals surface area contributed by atoms with E-state index in [1.54, 1.807) is 12.1 Å². The number of carbonyl (C=O) groups is 1. The van der Waals surface area contributed by atoms with Gasteiger partial charge in [0.15, 0.2) is 11.5 Å². The van der Waals surface area contributed by atoms with Gasteiger partial charge in [-0.3, -0.25) is 4.79 Å². The third-order valence-electron chi connectivity index (χ3n) is 5.28. The normalized spacial score (nSPS) is 13.9. The lowest BCUT2D eigenvalue weighted by Gasteiger charge is -2.28. The Hall–Kier alpha value is -2.78. The molecule has 0 bridgehead atoms. The number of nitrogens with one attached hydrogen (secondary N) is 1. The van der Waals surface area contributed by atoms with E-state index in [0.29, 0.717) is 48.7 Å². The van der Waals surface area contributed by atoms with Crippen molar-refractivity contribution < 1.29 is 27.4 Å². The van der Waals surface area contributed by atoms with Crippen LogP contribution in [0.5, 0.6) is 17.2 Å². The van der Waals surface area contributed by atoms with E-state index in [4.69, 9.17) is 14.2 Å². The molecule has 0 radical (unpaired) electrons. The Morgan fingerprint density at radius 3 is 2.29 bits per heavy atom. The van der Waals surface area contributed by atoms with Crippen molar-refractivity contribution in [2.45, 2.75) is 19.4 Å². The Kier molecular flexibility index (Phi) is 7.40. The monoisotopic (exact) mass is 448 g/mol. The molecule has 3 rings (SSSR count). The highest BCUT2D eigenvalue weighted by atomic mass is 32.2. The molecule has 1 amide bonds. The molecule has 0 saturated heterocycles. The molecule has 8 nitrogen and oxygen atoms in total. The zero-order valence-corrected chi connectivity index (χ0v) is 18.8. The van der Waals surface area contributed by atoms with Crippen LogP contribution in [-0.2, 0) is 23.0 Å². The lowest BCUT2D eigenvalue weighted by Crippen LogP contribution is -2.38. The SMILES string of the molecule is COc1cc(C(=O)NCCCS(=O)(=O)N2CCc3ccccc3C2)cc(OC)c1OC. The summed E-state index contributed by atoms with van der Waals surface area (Å²) in [6.45, 7) is 1.12. The fourth-order valence-corrected chi connectivity index (χ4v) is 5.08. The van der Waals surface area contributed by atoms with E-state index in [0.717, 1.165) is 5.56 Å². The Balaban J connectivity index is 1.55. The van der Waals surface area contributed by atoms with E-state index in [1.807, 2.05) is 24.3 Å². The molecule has 0 unspecified atom stereocenters. The number of amides is 1. The van der Waals surface area contributed by atoms with Gasteiger partial charge in [-0.05, 0) is 36.1 Å². The van der Waals surface area contributed by atoms with Gasteiger partial charge in [-0.15, -0.1) is 0 Å². The van der Waals surface area contributed by atoms with Crippen molar-refractivity contribution >= 4 is 15.9 Å². The minimum absolute atomic E-state index is 0.0231. The van der Waals surface area contributed by atoms with Crippen molar-refractivity contribution in [2.75, 3.05) is 40.2 Å². The first-order valence-corrected chi connectivity index (χ1v) is 11.6. The minimum atomic E-state index is -3.39. The average Bonchev–Trinajstić information content (AvgIpc) is 2.80. The smallest absolute Gasteiger partial charge is 0.251 e. The molecule has 168 valence electrons. The van der Waals surface area contributed by atoms with Gasteiger partial charge in [-0.25, -0.2) is 8.42 Å². The highest BCUT2D eigenvalue weighted by Crippen LogP contribution is 2.38. The van der Waals surface area contributed by atoms with E-state index < -0.39 is 10.0 Å². The summed E-state index contributed by atoms with van der Waals surface area (Å²) < 4.78 is 42.7. The topological polar surface area (TPSA) is 94.2 Å². The summed E-state index contributed by atoms with van der Waals surface area (Å²) in [6.07, 6.45) is 1.03. The summed E-state index contributed by atoms with van der Waals surface area (Å²) in [5, 5.41) is 2.76. The van der Waals surface area contributed by atoms with Crippen molar-refractivity contribution in [2.24, 2.45) is 0 Å². The predicted octanol–water partition coefficient (Wildman–Crippen LogP) is 2.22. The second-order valence-electron chi connectivity index (χ2n) is 7.19. The largest absolute Gasteiger partial charge is 0.493 e. The van der Waals surface area contributed by atoms with Crippen LogP contribution >= 0.6 is 0 Å². The molecule has 2 aromatic carbocycles. The summed E-state index contributed by atoms with van der Waals surface area (Å²) in [6, 6.07) is 11.0. The molecule has 9 heteroatoms. The average molecular weight is 449 g/mol. The number of benzene rings is 2. The molecule has 2 aromatic rings. The summed E-state index contributed by atoms with van der Waals surface area (Å²) in [5.74, 6) is 0.782. The number of carbonyl (C=O) groups excluding carboxylic acids is 1. The maximum Gasteiger partial charge on any atom is 0.251 e. The maximum atomic E-state index is 12.7. The van der Waals surface area contributed by atoms with Crippen LogP contribution in [0.3, 0.4) is 0 Å². The number of methoxy groups -OCH3 is 3. The highest BCUT2D eigenvalue weighted by Gasteiger charge is 2.26. The second kappa shape index (κ2) is 10.0. The molecular weight excluding hydrogens is 420 g/mol. The van der Waals surface area contributed by atoms with Gasteiger partial charge < -0.3 is 19.5 Å². The fraction of sp³-hybridized carbons (Fsp3) is 0.409. The molecule has 31 heavy (non-hydrogen) atoms. The first-order chi connectivity index (χ1) is 14.9. The van der Waals surface area contributed by atoms with Gasteiger partial charge in [-0.2, -0.15) is 4.31 Å². The van der Waals surface area contributed by atoms with E-state index >= 15 is 0 Å². The number of sulfonamides is 1. The van der Waals surface area contributed by atoms with Crippen molar-refractivity contribution in [3.8, 4) is 17.2 Å². The van der Waals surface area contributed by atoms with Crippen LogP contribution < -0.4 is 19.5 Å². The van der Waals surface area contributed by atoms with Gasteiger partial charge in [-0.1, -0.05) is 24.3 Å². The molecule has 0 aromatic heterocycles. The number of fused-ring (bicyclic) bond motifs is 1. The van der Waals surface area contributed by atoms with E-state index in [2.05, 4.69) is 5.32 Å². The Bertz CT molecular complexity index is 1010. The molecule has 1 aliphatic rings. The lowest BCUT2D eigenvalue weighted by atomic mass is 10.0. The number of nitrogens with zero attached hydrogens (tertiary/aromatic N) is 1. The zero-order valence-electron chi connectivity index (χ0n) is 18.0.